The molecule has 1 saturated heterocycles. The Morgan fingerprint density at radius 1 is 1.32 bits per heavy atom. The second-order valence-electron chi connectivity index (χ2n) is 9.67. The molecule has 4 heterocycles. The maximum Gasteiger partial charge on any atom is 0.253 e. The third kappa shape index (κ3) is 4.42. The fraction of sp³-hybridized carbons (Fsp3) is 0.308. The maximum absolute atomic E-state index is 14.0. The number of amides is 2. The Morgan fingerprint density at radius 3 is 2.73 bits per heavy atom. The molecule has 1 aromatic carbocycles. The SMILES string of the molecule is C=C1C(C(=O)NCc2ccc(Cl)c(O)c2)=Cc2c(ncc3nc(C)n(C)c23)N1CC(=O)N1CC(C)(F)C1. The number of aromatic hydroxyl groups is 1. The van der Waals surface area contributed by atoms with E-state index in [0.717, 1.165) is 11.3 Å². The molecule has 0 bridgehead atoms. The predicted octanol–water partition coefficient (Wildman–Crippen LogP) is 3.24. The molecule has 0 unspecified atom stereocenters. The molecule has 5 rings (SSSR count). The Bertz CT molecular complexity index is 1500. The fourth-order valence-corrected chi connectivity index (χ4v) is 4.78. The van der Waals surface area contributed by atoms with Gasteiger partial charge in [0.15, 0.2) is 0 Å². The first kappa shape index (κ1) is 24.8. The minimum Gasteiger partial charge on any atom is -0.506 e. The Hall–Kier alpha value is -3.92. The van der Waals surface area contributed by atoms with E-state index in [4.69, 9.17) is 11.6 Å². The van der Waals surface area contributed by atoms with Crippen molar-refractivity contribution >= 4 is 46.3 Å². The van der Waals surface area contributed by atoms with E-state index in [1.807, 2.05) is 18.5 Å². The number of hydrogen-bond donors (Lipinski definition) is 2. The third-order valence-electron chi connectivity index (χ3n) is 6.73. The Labute approximate surface area is 217 Å². The summed E-state index contributed by atoms with van der Waals surface area (Å²) in [5.41, 5.74) is 1.86. The number of nitrogens with one attached hydrogen (secondary N) is 1. The fourth-order valence-electron chi connectivity index (χ4n) is 4.67. The van der Waals surface area contributed by atoms with Crippen LogP contribution in [0.15, 0.2) is 42.2 Å². The molecule has 2 aliphatic rings. The molecule has 1 fully saturated rings. The van der Waals surface area contributed by atoms with Crippen molar-refractivity contribution in [3.8, 4) is 5.75 Å². The highest BCUT2D eigenvalue weighted by Gasteiger charge is 2.42. The van der Waals surface area contributed by atoms with Gasteiger partial charge >= 0.3 is 0 Å². The number of pyridine rings is 1. The van der Waals surface area contributed by atoms with Gasteiger partial charge in [-0.1, -0.05) is 24.2 Å². The number of phenols is 1. The molecule has 2 N–H and O–H groups in total. The van der Waals surface area contributed by atoms with Crippen LogP contribution in [0.5, 0.6) is 5.75 Å². The minimum atomic E-state index is -1.40. The molecule has 2 aliphatic heterocycles. The van der Waals surface area contributed by atoms with Gasteiger partial charge in [-0.15, -0.1) is 0 Å². The summed E-state index contributed by atoms with van der Waals surface area (Å²) in [5.74, 6) is 0.449. The van der Waals surface area contributed by atoms with Crippen LogP contribution in [-0.4, -0.2) is 61.7 Å². The molecule has 37 heavy (non-hydrogen) atoms. The Morgan fingerprint density at radius 2 is 2.05 bits per heavy atom. The van der Waals surface area contributed by atoms with Crippen molar-refractivity contribution in [3.63, 3.8) is 0 Å². The number of likely N-dealkylation sites (tertiary alicyclic amines) is 1. The van der Waals surface area contributed by atoms with E-state index in [1.165, 1.54) is 17.9 Å². The molecule has 2 amide bonds. The summed E-state index contributed by atoms with van der Waals surface area (Å²) in [6.45, 7) is 7.45. The second-order valence-corrected chi connectivity index (χ2v) is 10.1. The van der Waals surface area contributed by atoms with E-state index in [0.29, 0.717) is 28.2 Å². The smallest absolute Gasteiger partial charge is 0.253 e. The van der Waals surface area contributed by atoms with Crippen LogP contribution in [0, 0.1) is 6.92 Å². The molecule has 0 atom stereocenters. The minimum absolute atomic E-state index is 0.0174. The summed E-state index contributed by atoms with van der Waals surface area (Å²) in [4.78, 5) is 38.5. The number of aromatic nitrogens is 3. The molecule has 0 saturated carbocycles. The average Bonchev–Trinajstić information content (AvgIpc) is 3.13. The van der Waals surface area contributed by atoms with Gasteiger partial charge in [0.2, 0.25) is 5.91 Å². The van der Waals surface area contributed by atoms with Gasteiger partial charge in [-0.2, -0.15) is 0 Å². The van der Waals surface area contributed by atoms with E-state index < -0.39 is 11.6 Å². The quantitative estimate of drug-likeness (QED) is 0.531. The lowest BCUT2D eigenvalue weighted by atomic mass is 9.98. The van der Waals surface area contributed by atoms with Gasteiger partial charge < -0.3 is 24.8 Å². The number of anilines is 1. The largest absolute Gasteiger partial charge is 0.506 e. The number of nitrogens with zero attached hydrogens (tertiary/aromatic N) is 5. The molecule has 2 aromatic heterocycles. The molecular formula is C26H26ClFN6O3. The van der Waals surface area contributed by atoms with Crippen molar-refractivity contribution in [2.24, 2.45) is 7.05 Å². The van der Waals surface area contributed by atoms with Crippen LogP contribution in [0.2, 0.25) is 5.02 Å². The van der Waals surface area contributed by atoms with Gasteiger partial charge in [-0.05, 0) is 37.6 Å². The van der Waals surface area contributed by atoms with Crippen molar-refractivity contribution in [1.82, 2.24) is 24.8 Å². The summed E-state index contributed by atoms with van der Waals surface area (Å²) in [5, 5.41) is 12.9. The summed E-state index contributed by atoms with van der Waals surface area (Å²) >= 11 is 5.88. The van der Waals surface area contributed by atoms with Crippen LogP contribution >= 0.6 is 11.6 Å². The van der Waals surface area contributed by atoms with Crippen molar-refractivity contribution in [1.29, 1.82) is 0 Å². The Balaban J connectivity index is 1.49. The van der Waals surface area contributed by atoms with E-state index in [9.17, 15) is 19.1 Å². The molecule has 11 heteroatoms. The Kier molecular flexibility index (Phi) is 5.94. The first-order chi connectivity index (χ1) is 17.4. The van der Waals surface area contributed by atoms with Crippen molar-refractivity contribution in [2.75, 3.05) is 24.5 Å². The first-order valence-electron chi connectivity index (χ1n) is 11.7. The zero-order chi connectivity index (χ0) is 26.6. The van der Waals surface area contributed by atoms with Crippen molar-refractivity contribution in [2.45, 2.75) is 26.1 Å². The number of carbonyl (C=O) groups is 2. The molecule has 3 aromatic rings. The van der Waals surface area contributed by atoms with E-state index >= 15 is 0 Å². The van der Waals surface area contributed by atoms with Gasteiger partial charge in [0.25, 0.3) is 5.91 Å². The lowest BCUT2D eigenvalue weighted by Crippen LogP contribution is -2.61. The van der Waals surface area contributed by atoms with E-state index in [-0.39, 0.29) is 48.4 Å². The van der Waals surface area contributed by atoms with E-state index in [1.54, 1.807) is 29.3 Å². The third-order valence-corrected chi connectivity index (χ3v) is 7.05. The number of imidazole rings is 1. The number of fused-ring (bicyclic) bond motifs is 3. The van der Waals surface area contributed by atoms with Gasteiger partial charge in [0.1, 0.15) is 35.1 Å². The maximum atomic E-state index is 14.0. The van der Waals surface area contributed by atoms with Crippen molar-refractivity contribution in [3.05, 3.63) is 64.2 Å². The molecule has 0 radical (unpaired) electrons. The molecule has 9 nitrogen and oxygen atoms in total. The zero-order valence-corrected chi connectivity index (χ0v) is 21.4. The number of phenolic OH excluding ortho intramolecular Hbond substituents is 1. The van der Waals surface area contributed by atoms with Crippen molar-refractivity contribution < 1.29 is 19.1 Å². The monoisotopic (exact) mass is 524 g/mol. The number of benzene rings is 1. The molecule has 0 aliphatic carbocycles. The van der Waals surface area contributed by atoms with Crippen LogP contribution in [0.3, 0.4) is 0 Å². The van der Waals surface area contributed by atoms with E-state index in [2.05, 4.69) is 21.9 Å². The summed E-state index contributed by atoms with van der Waals surface area (Å²) < 4.78 is 15.9. The van der Waals surface area contributed by atoms with Gasteiger partial charge in [-0.25, -0.2) is 14.4 Å². The van der Waals surface area contributed by atoms with Crippen LogP contribution < -0.4 is 10.2 Å². The number of hydrogen-bond acceptors (Lipinski definition) is 6. The second kappa shape index (κ2) is 8.88. The zero-order valence-electron chi connectivity index (χ0n) is 20.7. The normalized spacial score (nSPS) is 16.4. The number of rotatable bonds is 5. The van der Waals surface area contributed by atoms with Crippen LogP contribution in [0.1, 0.15) is 23.9 Å². The topological polar surface area (TPSA) is 104 Å². The molecule has 192 valence electrons. The predicted molar refractivity (Wildman–Crippen MR) is 139 cm³/mol. The lowest BCUT2D eigenvalue weighted by molar-refractivity contribution is -0.142. The number of halogens is 2. The summed E-state index contributed by atoms with van der Waals surface area (Å²) in [7, 11) is 1.87. The summed E-state index contributed by atoms with van der Waals surface area (Å²) in [6.07, 6.45) is 3.33. The van der Waals surface area contributed by atoms with Gasteiger partial charge in [-0.3, -0.25) is 9.59 Å². The highest BCUT2D eigenvalue weighted by molar-refractivity contribution is 6.32. The standard InChI is InChI=1S/C26H26ClFN6O3/c1-14-17(25(37)30-9-16-5-6-19(27)21(35)7-16)8-18-23-20(31-15(2)32(23)4)10-29-24(18)34(14)11-22(36)33-12-26(3,28)13-33/h5-8,10,35H,1,9,11-13H2,2-4H3,(H,30,37). The first-order valence-corrected chi connectivity index (χ1v) is 12.1. The highest BCUT2D eigenvalue weighted by atomic mass is 35.5. The summed E-state index contributed by atoms with van der Waals surface area (Å²) in [6, 6.07) is 4.72. The van der Waals surface area contributed by atoms with Gasteiger partial charge in [0, 0.05) is 24.9 Å². The van der Waals surface area contributed by atoms with Crippen LogP contribution in [-0.2, 0) is 23.2 Å². The molecular weight excluding hydrogens is 499 g/mol. The molecule has 0 spiro atoms. The number of aryl methyl sites for hydroxylation is 2. The number of carbonyl (C=O) groups excluding carboxylic acids is 2. The average molecular weight is 525 g/mol. The van der Waals surface area contributed by atoms with Crippen LogP contribution in [0.25, 0.3) is 17.1 Å². The van der Waals surface area contributed by atoms with Gasteiger partial charge in [0.05, 0.1) is 35.4 Å². The number of alkyl halides is 1. The highest BCUT2D eigenvalue weighted by Crippen LogP contribution is 2.37. The lowest BCUT2D eigenvalue weighted by Gasteiger charge is -2.43. The van der Waals surface area contributed by atoms with Crippen LogP contribution in [0.4, 0.5) is 10.2 Å².